The molecule has 0 saturated carbocycles. The summed E-state index contributed by atoms with van der Waals surface area (Å²) >= 11 is 0. The molecule has 0 spiro atoms. The van der Waals surface area contributed by atoms with Gasteiger partial charge in [-0.3, -0.25) is 14.4 Å². The fourth-order valence-electron chi connectivity index (χ4n) is 2.83. The molecule has 8 nitrogen and oxygen atoms in total. The Morgan fingerprint density at radius 2 is 2.39 bits per heavy atom. The molecule has 1 aliphatic heterocycles. The van der Waals surface area contributed by atoms with Crippen LogP contribution in [0.5, 0.6) is 0 Å². The topological polar surface area (TPSA) is 89.1 Å². The van der Waals surface area contributed by atoms with Crippen LogP contribution < -0.4 is 5.32 Å². The van der Waals surface area contributed by atoms with Gasteiger partial charge in [-0.25, -0.2) is 0 Å². The average molecular weight is 318 g/mol. The second kappa shape index (κ2) is 6.91. The van der Waals surface area contributed by atoms with Crippen LogP contribution in [0.1, 0.15) is 44.4 Å². The molecule has 124 valence electrons. The van der Waals surface area contributed by atoms with Gasteiger partial charge in [0.05, 0.1) is 12.6 Å². The third kappa shape index (κ3) is 3.95. The fourth-order valence-corrected chi connectivity index (χ4v) is 2.83. The van der Waals surface area contributed by atoms with E-state index in [0.717, 1.165) is 38.2 Å². The molecule has 0 unspecified atom stereocenters. The molecule has 0 aliphatic carbocycles. The van der Waals surface area contributed by atoms with Crippen LogP contribution in [0.3, 0.4) is 0 Å². The highest BCUT2D eigenvalue weighted by Gasteiger charge is 2.25. The van der Waals surface area contributed by atoms with Crippen molar-refractivity contribution in [1.29, 1.82) is 0 Å². The Hall–Kier alpha value is -2.22. The molecule has 3 heterocycles. The van der Waals surface area contributed by atoms with E-state index < -0.39 is 0 Å². The van der Waals surface area contributed by atoms with Gasteiger partial charge in [0.2, 0.25) is 11.8 Å². The molecule has 1 amide bonds. The van der Waals surface area contributed by atoms with Gasteiger partial charge in [0.15, 0.2) is 11.6 Å². The fraction of sp³-hybridized carbons (Fsp3) is 0.600. The Morgan fingerprint density at radius 1 is 1.52 bits per heavy atom. The molecule has 0 aromatic carbocycles. The number of rotatable bonds is 6. The summed E-state index contributed by atoms with van der Waals surface area (Å²) in [4.78, 5) is 17.8. The standard InChI is InChI=1S/C15H22N6O2/c1-3-4-15-17-14(19-23-15)10-20-7-5-12(9-20)21-8-6-13(18-21)16-11(2)22/h6,8,12H,3-5,7,9-10H2,1-2H3,(H,16,18,22)/t12-/m0/s1. The molecule has 0 radical (unpaired) electrons. The van der Waals surface area contributed by atoms with Gasteiger partial charge in [-0.2, -0.15) is 10.1 Å². The van der Waals surface area contributed by atoms with Gasteiger partial charge < -0.3 is 9.84 Å². The number of hydrogen-bond donors (Lipinski definition) is 1. The van der Waals surface area contributed by atoms with Crippen LogP contribution in [-0.2, 0) is 17.8 Å². The number of aromatic nitrogens is 4. The number of aryl methyl sites for hydroxylation is 1. The lowest BCUT2D eigenvalue weighted by Gasteiger charge is -2.13. The zero-order valence-corrected chi connectivity index (χ0v) is 13.5. The van der Waals surface area contributed by atoms with Gasteiger partial charge in [-0.1, -0.05) is 12.1 Å². The summed E-state index contributed by atoms with van der Waals surface area (Å²) in [6.07, 6.45) is 4.76. The van der Waals surface area contributed by atoms with E-state index in [4.69, 9.17) is 4.52 Å². The normalized spacial score (nSPS) is 18.4. The quantitative estimate of drug-likeness (QED) is 0.870. The highest BCUT2D eigenvalue weighted by molar-refractivity contribution is 5.87. The van der Waals surface area contributed by atoms with Crippen molar-refractivity contribution in [1.82, 2.24) is 24.8 Å². The Bertz CT molecular complexity index is 664. The van der Waals surface area contributed by atoms with Gasteiger partial charge in [0.25, 0.3) is 0 Å². The van der Waals surface area contributed by atoms with Crippen molar-refractivity contribution in [3.8, 4) is 0 Å². The van der Waals surface area contributed by atoms with Crippen LogP contribution in [-0.4, -0.2) is 43.8 Å². The summed E-state index contributed by atoms with van der Waals surface area (Å²) in [6, 6.07) is 2.12. The van der Waals surface area contributed by atoms with Crippen LogP contribution in [0.4, 0.5) is 5.82 Å². The molecule has 2 aromatic heterocycles. The number of nitrogens with one attached hydrogen (secondary N) is 1. The van der Waals surface area contributed by atoms with E-state index in [1.807, 2.05) is 16.9 Å². The van der Waals surface area contributed by atoms with Crippen LogP contribution in [0.15, 0.2) is 16.8 Å². The van der Waals surface area contributed by atoms with Crippen molar-refractivity contribution >= 4 is 11.7 Å². The van der Waals surface area contributed by atoms with E-state index in [2.05, 4.69) is 32.4 Å². The van der Waals surface area contributed by atoms with E-state index in [1.54, 1.807) is 0 Å². The highest BCUT2D eigenvalue weighted by Crippen LogP contribution is 2.23. The lowest BCUT2D eigenvalue weighted by atomic mass is 10.3. The van der Waals surface area contributed by atoms with Crippen molar-refractivity contribution in [2.75, 3.05) is 18.4 Å². The number of carbonyl (C=O) groups is 1. The molecule has 2 aromatic rings. The SMILES string of the molecule is CCCc1nc(CN2CC[C@H](n3ccc(NC(C)=O)n3)C2)no1. The van der Waals surface area contributed by atoms with Gasteiger partial charge >= 0.3 is 0 Å². The predicted octanol–water partition coefficient (Wildman–Crippen LogP) is 1.62. The van der Waals surface area contributed by atoms with E-state index >= 15 is 0 Å². The van der Waals surface area contributed by atoms with Crippen molar-refractivity contribution in [2.24, 2.45) is 0 Å². The van der Waals surface area contributed by atoms with Crippen molar-refractivity contribution in [2.45, 2.75) is 45.7 Å². The van der Waals surface area contributed by atoms with Gasteiger partial charge in [-0.05, 0) is 12.8 Å². The monoisotopic (exact) mass is 318 g/mol. The van der Waals surface area contributed by atoms with E-state index in [9.17, 15) is 4.79 Å². The first-order valence-electron chi connectivity index (χ1n) is 8.00. The summed E-state index contributed by atoms with van der Waals surface area (Å²) in [5.41, 5.74) is 0. The highest BCUT2D eigenvalue weighted by atomic mass is 16.5. The van der Waals surface area contributed by atoms with Crippen LogP contribution in [0.2, 0.25) is 0 Å². The number of carbonyl (C=O) groups excluding carboxylic acids is 1. The summed E-state index contributed by atoms with van der Waals surface area (Å²) in [7, 11) is 0. The van der Waals surface area contributed by atoms with Crippen molar-refractivity contribution in [3.63, 3.8) is 0 Å². The second-order valence-electron chi connectivity index (χ2n) is 5.89. The number of nitrogens with zero attached hydrogens (tertiary/aromatic N) is 5. The van der Waals surface area contributed by atoms with Crippen molar-refractivity contribution in [3.05, 3.63) is 24.0 Å². The largest absolute Gasteiger partial charge is 0.339 e. The number of hydrogen-bond acceptors (Lipinski definition) is 6. The first-order valence-corrected chi connectivity index (χ1v) is 8.00. The number of likely N-dealkylation sites (tertiary alicyclic amines) is 1. The molecule has 1 aliphatic rings. The third-order valence-electron chi connectivity index (χ3n) is 3.87. The van der Waals surface area contributed by atoms with Crippen molar-refractivity contribution < 1.29 is 9.32 Å². The maximum Gasteiger partial charge on any atom is 0.226 e. The van der Waals surface area contributed by atoms with Crippen LogP contribution in [0, 0.1) is 0 Å². The lowest BCUT2D eigenvalue weighted by molar-refractivity contribution is -0.114. The predicted molar refractivity (Wildman–Crippen MR) is 83.8 cm³/mol. The van der Waals surface area contributed by atoms with Gasteiger partial charge in [-0.15, -0.1) is 0 Å². The Morgan fingerprint density at radius 3 is 3.17 bits per heavy atom. The van der Waals surface area contributed by atoms with E-state index in [1.165, 1.54) is 6.92 Å². The van der Waals surface area contributed by atoms with Crippen LogP contribution >= 0.6 is 0 Å². The number of amides is 1. The summed E-state index contributed by atoms with van der Waals surface area (Å²) < 4.78 is 7.14. The summed E-state index contributed by atoms with van der Waals surface area (Å²) in [5, 5.41) is 11.1. The molecular weight excluding hydrogens is 296 g/mol. The van der Waals surface area contributed by atoms with E-state index in [-0.39, 0.29) is 5.91 Å². The first-order chi connectivity index (χ1) is 11.1. The molecule has 3 rings (SSSR count). The second-order valence-corrected chi connectivity index (χ2v) is 5.89. The molecular formula is C15H22N6O2. The lowest BCUT2D eigenvalue weighted by Crippen LogP contribution is -2.22. The summed E-state index contributed by atoms with van der Waals surface area (Å²) in [6.45, 7) is 6.13. The molecule has 23 heavy (non-hydrogen) atoms. The minimum absolute atomic E-state index is 0.108. The minimum atomic E-state index is -0.108. The van der Waals surface area contributed by atoms with Gasteiger partial charge in [0.1, 0.15) is 0 Å². The minimum Gasteiger partial charge on any atom is -0.339 e. The zero-order valence-electron chi connectivity index (χ0n) is 13.5. The van der Waals surface area contributed by atoms with E-state index in [0.29, 0.717) is 24.3 Å². The first kappa shape index (κ1) is 15.7. The Labute approximate surface area is 134 Å². The molecule has 1 atom stereocenters. The van der Waals surface area contributed by atoms with Crippen LogP contribution in [0.25, 0.3) is 0 Å². The average Bonchev–Trinajstić information content (AvgIpc) is 3.20. The van der Waals surface area contributed by atoms with Gasteiger partial charge in [0, 0.05) is 38.7 Å². The maximum absolute atomic E-state index is 11.1. The molecule has 1 fully saturated rings. The molecule has 1 saturated heterocycles. The Kier molecular flexibility index (Phi) is 4.71. The smallest absolute Gasteiger partial charge is 0.226 e. The zero-order chi connectivity index (χ0) is 16.2. The number of anilines is 1. The summed E-state index contributed by atoms with van der Waals surface area (Å²) in [5.74, 6) is 1.94. The third-order valence-corrected chi connectivity index (χ3v) is 3.87. The molecule has 0 bridgehead atoms. The maximum atomic E-state index is 11.1. The molecule has 8 heteroatoms. The Balaban J connectivity index is 1.55. The molecule has 1 N–H and O–H groups in total.